The molecule has 24 heavy (non-hydrogen) atoms. The van der Waals surface area contributed by atoms with E-state index in [0.29, 0.717) is 11.6 Å². The van der Waals surface area contributed by atoms with Crippen LogP contribution in [0.5, 0.6) is 5.75 Å². The second-order valence-corrected chi connectivity index (χ2v) is 6.47. The predicted octanol–water partition coefficient (Wildman–Crippen LogP) is 2.57. The van der Waals surface area contributed by atoms with E-state index in [0.717, 1.165) is 49.5 Å². The lowest BCUT2D eigenvalue weighted by molar-refractivity contribution is 0.0931. The van der Waals surface area contributed by atoms with Crippen molar-refractivity contribution in [3.8, 4) is 5.75 Å². The van der Waals surface area contributed by atoms with Crippen molar-refractivity contribution in [1.29, 1.82) is 0 Å². The van der Waals surface area contributed by atoms with Crippen LogP contribution in [-0.4, -0.2) is 37.3 Å². The molecule has 1 aromatic heterocycles. The molecular formula is C18H21N3O3. The maximum Gasteiger partial charge on any atom is 0.273 e. The van der Waals surface area contributed by atoms with Gasteiger partial charge in [-0.05, 0) is 31.4 Å². The van der Waals surface area contributed by atoms with E-state index in [9.17, 15) is 4.79 Å². The van der Waals surface area contributed by atoms with Gasteiger partial charge in [0, 0.05) is 31.1 Å². The van der Waals surface area contributed by atoms with Gasteiger partial charge in [-0.2, -0.15) is 0 Å². The van der Waals surface area contributed by atoms with Gasteiger partial charge in [-0.25, -0.2) is 0 Å². The van der Waals surface area contributed by atoms with E-state index in [1.165, 1.54) is 0 Å². The molecule has 0 bridgehead atoms. The van der Waals surface area contributed by atoms with Crippen molar-refractivity contribution in [2.24, 2.45) is 0 Å². The van der Waals surface area contributed by atoms with Crippen LogP contribution in [0.25, 0.3) is 0 Å². The van der Waals surface area contributed by atoms with Crippen molar-refractivity contribution in [2.45, 2.75) is 31.2 Å². The molecule has 1 unspecified atom stereocenters. The van der Waals surface area contributed by atoms with E-state index in [4.69, 9.17) is 9.26 Å². The lowest BCUT2D eigenvalue weighted by Crippen LogP contribution is -2.37. The zero-order valence-electron chi connectivity index (χ0n) is 13.7. The van der Waals surface area contributed by atoms with Gasteiger partial charge >= 0.3 is 0 Å². The summed E-state index contributed by atoms with van der Waals surface area (Å²) in [6.45, 7) is 1.65. The molecule has 4 rings (SSSR count). The van der Waals surface area contributed by atoms with Crippen molar-refractivity contribution in [2.75, 3.05) is 25.1 Å². The van der Waals surface area contributed by atoms with Crippen LogP contribution in [0.4, 0.5) is 5.69 Å². The van der Waals surface area contributed by atoms with Crippen molar-refractivity contribution >= 4 is 11.6 Å². The van der Waals surface area contributed by atoms with Crippen LogP contribution >= 0.6 is 0 Å². The molecule has 2 aliphatic rings. The third-order valence-corrected chi connectivity index (χ3v) is 4.69. The Hall–Kier alpha value is -2.50. The summed E-state index contributed by atoms with van der Waals surface area (Å²) in [4.78, 5) is 14.6. The van der Waals surface area contributed by atoms with Crippen LogP contribution in [-0.2, 0) is 0 Å². The maximum atomic E-state index is 12.3. The zero-order valence-corrected chi connectivity index (χ0v) is 13.7. The van der Waals surface area contributed by atoms with Crippen LogP contribution in [0.2, 0.25) is 0 Å². The Kier molecular flexibility index (Phi) is 3.88. The summed E-state index contributed by atoms with van der Waals surface area (Å²) < 4.78 is 10.7. The molecule has 1 N–H and O–H groups in total. The Morgan fingerprint density at radius 1 is 1.33 bits per heavy atom. The van der Waals surface area contributed by atoms with Gasteiger partial charge in [-0.15, -0.1) is 0 Å². The SMILES string of the molecule is COc1ccccc1N1CCC(NC(=O)c2cc(C3CC3)on2)C1. The minimum Gasteiger partial charge on any atom is -0.495 e. The third-order valence-electron chi connectivity index (χ3n) is 4.69. The minimum atomic E-state index is -0.155. The van der Waals surface area contributed by atoms with Crippen molar-refractivity contribution in [3.63, 3.8) is 0 Å². The van der Waals surface area contributed by atoms with Gasteiger partial charge in [-0.1, -0.05) is 17.3 Å². The first-order chi connectivity index (χ1) is 11.7. The molecule has 6 nitrogen and oxygen atoms in total. The number of methoxy groups -OCH3 is 1. The fourth-order valence-electron chi connectivity index (χ4n) is 3.20. The maximum absolute atomic E-state index is 12.3. The molecular weight excluding hydrogens is 306 g/mol. The number of carbonyl (C=O) groups is 1. The largest absolute Gasteiger partial charge is 0.495 e. The molecule has 2 fully saturated rings. The molecule has 0 radical (unpaired) electrons. The van der Waals surface area contributed by atoms with Crippen LogP contribution in [0.3, 0.4) is 0 Å². The van der Waals surface area contributed by atoms with Crippen LogP contribution in [0.1, 0.15) is 41.4 Å². The molecule has 2 heterocycles. The van der Waals surface area contributed by atoms with Crippen LogP contribution in [0.15, 0.2) is 34.9 Å². The van der Waals surface area contributed by atoms with E-state index < -0.39 is 0 Å². The van der Waals surface area contributed by atoms with Crippen LogP contribution in [0, 0.1) is 0 Å². The second kappa shape index (κ2) is 6.19. The highest BCUT2D eigenvalue weighted by atomic mass is 16.5. The number of ether oxygens (including phenoxy) is 1. The number of rotatable bonds is 5. The Morgan fingerprint density at radius 3 is 2.96 bits per heavy atom. The number of para-hydroxylation sites is 2. The first-order valence-electron chi connectivity index (χ1n) is 8.40. The lowest BCUT2D eigenvalue weighted by atomic mass is 10.2. The Bertz CT molecular complexity index is 739. The highest BCUT2D eigenvalue weighted by Crippen LogP contribution is 2.40. The molecule has 1 saturated heterocycles. The number of benzene rings is 1. The summed E-state index contributed by atoms with van der Waals surface area (Å²) in [5.41, 5.74) is 1.45. The number of hydrogen-bond acceptors (Lipinski definition) is 5. The average Bonchev–Trinajstić information content (AvgIpc) is 3.16. The van der Waals surface area contributed by atoms with Crippen molar-refractivity contribution in [3.05, 3.63) is 41.8 Å². The van der Waals surface area contributed by atoms with E-state index in [1.54, 1.807) is 13.2 Å². The molecule has 1 aromatic carbocycles. The zero-order chi connectivity index (χ0) is 16.5. The number of anilines is 1. The summed E-state index contributed by atoms with van der Waals surface area (Å²) in [6.07, 6.45) is 3.16. The molecule has 1 atom stereocenters. The molecule has 6 heteroatoms. The van der Waals surface area contributed by atoms with Gasteiger partial charge in [0.2, 0.25) is 0 Å². The number of amides is 1. The number of hydrogen-bond donors (Lipinski definition) is 1. The van der Waals surface area contributed by atoms with E-state index in [2.05, 4.69) is 15.4 Å². The van der Waals surface area contributed by atoms with E-state index in [-0.39, 0.29) is 11.9 Å². The summed E-state index contributed by atoms with van der Waals surface area (Å²) in [5, 5.41) is 6.96. The third kappa shape index (κ3) is 2.96. The first kappa shape index (κ1) is 15.1. The highest BCUT2D eigenvalue weighted by Gasteiger charge is 2.30. The number of aromatic nitrogens is 1. The van der Waals surface area contributed by atoms with E-state index in [1.807, 2.05) is 24.3 Å². The van der Waals surface area contributed by atoms with Gasteiger partial charge < -0.3 is 19.5 Å². The van der Waals surface area contributed by atoms with Gasteiger partial charge in [0.1, 0.15) is 11.5 Å². The van der Waals surface area contributed by atoms with Gasteiger partial charge in [-0.3, -0.25) is 4.79 Å². The summed E-state index contributed by atoms with van der Waals surface area (Å²) in [5.74, 6) is 2.00. The number of nitrogens with one attached hydrogen (secondary N) is 1. The topological polar surface area (TPSA) is 67.6 Å². The molecule has 1 aliphatic heterocycles. The molecule has 2 aromatic rings. The van der Waals surface area contributed by atoms with Crippen molar-refractivity contribution in [1.82, 2.24) is 10.5 Å². The smallest absolute Gasteiger partial charge is 0.273 e. The second-order valence-electron chi connectivity index (χ2n) is 6.47. The molecule has 1 amide bonds. The minimum absolute atomic E-state index is 0.100. The van der Waals surface area contributed by atoms with Crippen molar-refractivity contribution < 1.29 is 14.1 Å². The molecule has 1 saturated carbocycles. The first-order valence-corrected chi connectivity index (χ1v) is 8.40. The van der Waals surface area contributed by atoms with Gasteiger partial charge in [0.15, 0.2) is 5.69 Å². The standard InChI is InChI=1S/C18H21N3O3/c1-23-16-5-3-2-4-15(16)21-9-8-13(11-21)19-18(22)14-10-17(24-20-14)12-6-7-12/h2-5,10,12-13H,6-9,11H2,1H3,(H,19,22). The molecule has 126 valence electrons. The number of nitrogens with zero attached hydrogens (tertiary/aromatic N) is 2. The quantitative estimate of drug-likeness (QED) is 0.914. The molecule has 0 spiro atoms. The fourth-order valence-corrected chi connectivity index (χ4v) is 3.20. The highest BCUT2D eigenvalue weighted by molar-refractivity contribution is 5.92. The van der Waals surface area contributed by atoms with E-state index >= 15 is 0 Å². The Balaban J connectivity index is 1.38. The summed E-state index contributed by atoms with van der Waals surface area (Å²) in [6, 6.07) is 9.83. The van der Waals surface area contributed by atoms with Gasteiger partial charge in [0.05, 0.1) is 12.8 Å². The summed E-state index contributed by atoms with van der Waals surface area (Å²) in [7, 11) is 1.68. The Morgan fingerprint density at radius 2 is 2.17 bits per heavy atom. The summed E-state index contributed by atoms with van der Waals surface area (Å²) >= 11 is 0. The fraction of sp³-hybridized carbons (Fsp3) is 0.444. The molecule has 1 aliphatic carbocycles. The monoisotopic (exact) mass is 327 g/mol. The lowest BCUT2D eigenvalue weighted by Gasteiger charge is -2.21. The van der Waals surface area contributed by atoms with Gasteiger partial charge in [0.25, 0.3) is 5.91 Å². The normalized spacial score (nSPS) is 20.2. The number of carbonyl (C=O) groups excluding carboxylic acids is 1. The van der Waals surface area contributed by atoms with Crippen LogP contribution < -0.4 is 15.0 Å². The Labute approximate surface area is 140 Å². The average molecular weight is 327 g/mol. The predicted molar refractivity (Wildman–Crippen MR) is 89.6 cm³/mol.